The van der Waals surface area contributed by atoms with Crippen LogP contribution in [0.5, 0.6) is 0 Å². The predicted octanol–water partition coefficient (Wildman–Crippen LogP) is 3.50. The molecule has 0 rings (SSSR count). The summed E-state index contributed by atoms with van der Waals surface area (Å²) >= 11 is 0. The lowest BCUT2D eigenvalue weighted by molar-refractivity contribution is -0.135. The van der Waals surface area contributed by atoms with Crippen molar-refractivity contribution < 1.29 is 13.2 Å². The van der Waals surface area contributed by atoms with Gasteiger partial charge >= 0.3 is 6.18 Å². The third-order valence-corrected chi connectivity index (χ3v) is 2.02. The first-order valence-corrected chi connectivity index (χ1v) is 5.33. The SMILES string of the molecule is CCCCCCNCCCC(F)(F)F. The average molecular weight is 211 g/mol. The Balaban J connectivity index is 2.99. The minimum Gasteiger partial charge on any atom is -0.317 e. The Labute approximate surface area is 84.1 Å². The van der Waals surface area contributed by atoms with Crippen molar-refractivity contribution in [3.8, 4) is 0 Å². The van der Waals surface area contributed by atoms with Crippen LogP contribution in [0.4, 0.5) is 13.2 Å². The summed E-state index contributed by atoms with van der Waals surface area (Å²) < 4.78 is 35.1. The topological polar surface area (TPSA) is 12.0 Å². The molecule has 14 heavy (non-hydrogen) atoms. The number of hydrogen-bond donors (Lipinski definition) is 1. The van der Waals surface area contributed by atoms with Crippen LogP contribution < -0.4 is 5.32 Å². The highest BCUT2D eigenvalue weighted by Crippen LogP contribution is 2.20. The molecule has 1 nitrogen and oxygen atoms in total. The zero-order valence-corrected chi connectivity index (χ0v) is 8.79. The maximum atomic E-state index is 11.7. The van der Waals surface area contributed by atoms with Crippen LogP contribution in [0.25, 0.3) is 0 Å². The van der Waals surface area contributed by atoms with Gasteiger partial charge in [-0.2, -0.15) is 13.2 Å². The fourth-order valence-corrected chi connectivity index (χ4v) is 1.22. The van der Waals surface area contributed by atoms with Gasteiger partial charge in [0.2, 0.25) is 0 Å². The quantitative estimate of drug-likeness (QED) is 0.606. The van der Waals surface area contributed by atoms with Crippen LogP contribution in [0, 0.1) is 0 Å². The van der Waals surface area contributed by atoms with Gasteiger partial charge in [0.1, 0.15) is 0 Å². The van der Waals surface area contributed by atoms with Crippen molar-refractivity contribution in [3.05, 3.63) is 0 Å². The molecule has 4 heteroatoms. The normalized spacial score (nSPS) is 12.0. The molecular formula is C10H20F3N. The van der Waals surface area contributed by atoms with E-state index in [0.717, 1.165) is 13.0 Å². The second kappa shape index (κ2) is 8.09. The molecule has 0 spiro atoms. The summed E-state index contributed by atoms with van der Waals surface area (Å²) in [6, 6.07) is 0. The highest BCUT2D eigenvalue weighted by atomic mass is 19.4. The second-order valence-electron chi connectivity index (χ2n) is 3.53. The molecule has 0 atom stereocenters. The van der Waals surface area contributed by atoms with E-state index < -0.39 is 12.6 Å². The molecule has 0 aromatic carbocycles. The molecule has 0 bridgehead atoms. The zero-order valence-electron chi connectivity index (χ0n) is 8.79. The molecule has 0 aliphatic heterocycles. The highest BCUT2D eigenvalue weighted by Gasteiger charge is 2.25. The second-order valence-corrected chi connectivity index (χ2v) is 3.53. The Morgan fingerprint density at radius 1 is 0.929 bits per heavy atom. The Bertz CT molecular complexity index is 123. The summed E-state index contributed by atoms with van der Waals surface area (Å²) in [4.78, 5) is 0. The van der Waals surface area contributed by atoms with Crippen LogP contribution in [-0.2, 0) is 0 Å². The van der Waals surface area contributed by atoms with Crippen molar-refractivity contribution >= 4 is 0 Å². The van der Waals surface area contributed by atoms with E-state index in [1.165, 1.54) is 19.3 Å². The van der Waals surface area contributed by atoms with E-state index in [9.17, 15) is 13.2 Å². The molecule has 0 heterocycles. The van der Waals surface area contributed by atoms with Gasteiger partial charge in [0.25, 0.3) is 0 Å². The van der Waals surface area contributed by atoms with E-state index in [1.54, 1.807) is 0 Å². The first kappa shape index (κ1) is 13.8. The molecule has 0 saturated carbocycles. The standard InChI is InChI=1S/C10H20F3N/c1-2-3-4-5-8-14-9-6-7-10(11,12)13/h14H,2-9H2,1H3. The lowest BCUT2D eigenvalue weighted by atomic mass is 10.2. The average Bonchev–Trinajstić information content (AvgIpc) is 2.08. The molecule has 86 valence electrons. The van der Waals surface area contributed by atoms with Crippen LogP contribution in [-0.4, -0.2) is 19.3 Å². The number of nitrogens with one attached hydrogen (secondary N) is 1. The third-order valence-electron chi connectivity index (χ3n) is 2.02. The highest BCUT2D eigenvalue weighted by molar-refractivity contribution is 4.54. The van der Waals surface area contributed by atoms with Crippen molar-refractivity contribution in [2.75, 3.05) is 13.1 Å². The molecular weight excluding hydrogens is 191 g/mol. The van der Waals surface area contributed by atoms with E-state index in [2.05, 4.69) is 12.2 Å². The number of unbranched alkanes of at least 4 members (excludes halogenated alkanes) is 3. The fraction of sp³-hybridized carbons (Fsp3) is 1.00. The first-order valence-electron chi connectivity index (χ1n) is 5.33. The van der Waals surface area contributed by atoms with Gasteiger partial charge in [-0.25, -0.2) is 0 Å². The van der Waals surface area contributed by atoms with Crippen molar-refractivity contribution in [2.24, 2.45) is 0 Å². The van der Waals surface area contributed by atoms with E-state index in [0.29, 0.717) is 6.54 Å². The predicted molar refractivity (Wildman–Crippen MR) is 52.3 cm³/mol. The summed E-state index contributed by atoms with van der Waals surface area (Å²) in [5, 5.41) is 3.02. The fourth-order valence-electron chi connectivity index (χ4n) is 1.22. The zero-order chi connectivity index (χ0) is 10.9. The summed E-state index contributed by atoms with van der Waals surface area (Å²) in [7, 11) is 0. The lowest BCUT2D eigenvalue weighted by Crippen LogP contribution is -2.19. The number of alkyl halides is 3. The van der Waals surface area contributed by atoms with Gasteiger partial charge in [0.15, 0.2) is 0 Å². The van der Waals surface area contributed by atoms with Gasteiger partial charge in [0, 0.05) is 6.42 Å². The molecule has 0 saturated heterocycles. The Kier molecular flexibility index (Phi) is 7.95. The summed E-state index contributed by atoms with van der Waals surface area (Å²) in [5.41, 5.74) is 0. The smallest absolute Gasteiger partial charge is 0.317 e. The Morgan fingerprint density at radius 2 is 1.57 bits per heavy atom. The Morgan fingerprint density at radius 3 is 2.14 bits per heavy atom. The van der Waals surface area contributed by atoms with Crippen molar-refractivity contribution in [1.29, 1.82) is 0 Å². The molecule has 0 unspecified atom stereocenters. The van der Waals surface area contributed by atoms with Crippen LogP contribution >= 0.6 is 0 Å². The minimum atomic E-state index is -4.00. The first-order chi connectivity index (χ1) is 6.56. The monoisotopic (exact) mass is 211 g/mol. The molecule has 0 aliphatic carbocycles. The van der Waals surface area contributed by atoms with Crippen molar-refractivity contribution in [3.63, 3.8) is 0 Å². The minimum absolute atomic E-state index is 0.192. The molecule has 0 radical (unpaired) electrons. The molecule has 0 amide bonds. The van der Waals surface area contributed by atoms with E-state index in [-0.39, 0.29) is 6.42 Å². The summed E-state index contributed by atoms with van der Waals surface area (Å²) in [5.74, 6) is 0. The van der Waals surface area contributed by atoms with Crippen LogP contribution in [0.2, 0.25) is 0 Å². The number of halogens is 3. The van der Waals surface area contributed by atoms with Crippen LogP contribution in [0.15, 0.2) is 0 Å². The van der Waals surface area contributed by atoms with Crippen molar-refractivity contribution in [1.82, 2.24) is 5.32 Å². The molecule has 0 aromatic rings. The summed E-state index contributed by atoms with van der Waals surface area (Å²) in [6.07, 6.45) is 0.164. The molecule has 0 aliphatic rings. The molecule has 0 fully saturated rings. The van der Waals surface area contributed by atoms with Gasteiger partial charge in [0.05, 0.1) is 0 Å². The summed E-state index contributed by atoms with van der Waals surface area (Å²) in [6.45, 7) is 3.46. The van der Waals surface area contributed by atoms with E-state index >= 15 is 0 Å². The van der Waals surface area contributed by atoms with E-state index in [1.807, 2.05) is 0 Å². The van der Waals surface area contributed by atoms with Crippen molar-refractivity contribution in [2.45, 2.75) is 51.6 Å². The largest absolute Gasteiger partial charge is 0.389 e. The van der Waals surface area contributed by atoms with Gasteiger partial charge < -0.3 is 5.32 Å². The Hall–Kier alpha value is -0.250. The van der Waals surface area contributed by atoms with Gasteiger partial charge in [-0.15, -0.1) is 0 Å². The van der Waals surface area contributed by atoms with Gasteiger partial charge in [-0.1, -0.05) is 26.2 Å². The molecule has 1 N–H and O–H groups in total. The van der Waals surface area contributed by atoms with Crippen LogP contribution in [0.3, 0.4) is 0 Å². The number of hydrogen-bond acceptors (Lipinski definition) is 1. The van der Waals surface area contributed by atoms with E-state index in [4.69, 9.17) is 0 Å². The van der Waals surface area contributed by atoms with Gasteiger partial charge in [-0.3, -0.25) is 0 Å². The van der Waals surface area contributed by atoms with Gasteiger partial charge in [-0.05, 0) is 25.9 Å². The lowest BCUT2D eigenvalue weighted by Gasteiger charge is -2.06. The maximum Gasteiger partial charge on any atom is 0.389 e. The molecule has 0 aromatic heterocycles. The third kappa shape index (κ3) is 11.8. The van der Waals surface area contributed by atoms with Crippen LogP contribution in [0.1, 0.15) is 45.4 Å². The number of rotatable bonds is 8. The maximum absolute atomic E-state index is 11.7.